The highest BCUT2D eigenvalue weighted by Gasteiger charge is 2.19. The van der Waals surface area contributed by atoms with Crippen molar-refractivity contribution in [3.63, 3.8) is 0 Å². The maximum absolute atomic E-state index is 12.4. The van der Waals surface area contributed by atoms with Crippen molar-refractivity contribution in [2.24, 2.45) is 5.73 Å². The second kappa shape index (κ2) is 6.96. The van der Waals surface area contributed by atoms with Gasteiger partial charge in [-0.2, -0.15) is 0 Å². The van der Waals surface area contributed by atoms with E-state index in [1.165, 1.54) is 5.56 Å². The number of carbonyl (C=O) groups is 1. The minimum absolute atomic E-state index is 0.121. The van der Waals surface area contributed by atoms with E-state index >= 15 is 0 Å². The van der Waals surface area contributed by atoms with E-state index in [4.69, 9.17) is 5.73 Å². The number of nitrogens with two attached hydrogens (primary N) is 1. The molecule has 2 rings (SSSR count). The molecule has 0 radical (unpaired) electrons. The third kappa shape index (κ3) is 3.52. The van der Waals surface area contributed by atoms with Crippen LogP contribution in [0.5, 0.6) is 0 Å². The molecule has 20 heavy (non-hydrogen) atoms. The highest BCUT2D eigenvalue weighted by molar-refractivity contribution is 5.87. The predicted octanol–water partition coefficient (Wildman–Crippen LogP) is 2.50. The van der Waals surface area contributed by atoms with Crippen molar-refractivity contribution in [2.45, 2.75) is 25.7 Å². The van der Waals surface area contributed by atoms with Gasteiger partial charge in [-0.3, -0.25) is 9.78 Å². The Labute approximate surface area is 119 Å². The Kier molecular flexibility index (Phi) is 5.02. The average Bonchev–Trinajstić information content (AvgIpc) is 2.50. The Morgan fingerprint density at radius 3 is 2.50 bits per heavy atom. The number of nitrogens with zero attached hydrogens (tertiary/aromatic N) is 1. The summed E-state index contributed by atoms with van der Waals surface area (Å²) >= 11 is 0. The minimum atomic E-state index is -0.246. The van der Waals surface area contributed by atoms with Crippen molar-refractivity contribution in [1.82, 2.24) is 4.98 Å². The van der Waals surface area contributed by atoms with E-state index in [2.05, 4.69) is 11.9 Å². The maximum Gasteiger partial charge on any atom is 0.147 e. The second-order valence-corrected chi connectivity index (χ2v) is 4.85. The van der Waals surface area contributed by atoms with E-state index in [9.17, 15) is 4.79 Å². The van der Waals surface area contributed by atoms with Gasteiger partial charge in [0.15, 0.2) is 0 Å². The lowest BCUT2D eigenvalue weighted by atomic mass is 9.92. The van der Waals surface area contributed by atoms with Gasteiger partial charge < -0.3 is 5.73 Å². The fourth-order valence-corrected chi connectivity index (χ4v) is 2.21. The van der Waals surface area contributed by atoms with Crippen LogP contribution in [-0.4, -0.2) is 17.3 Å². The van der Waals surface area contributed by atoms with Gasteiger partial charge in [-0.1, -0.05) is 43.3 Å². The quantitative estimate of drug-likeness (QED) is 0.875. The molecular formula is C17H20N2O. The fourth-order valence-electron chi connectivity index (χ4n) is 2.21. The number of hydrogen-bond donors (Lipinski definition) is 1. The number of pyridine rings is 1. The lowest BCUT2D eigenvalue weighted by molar-refractivity contribution is -0.119. The SMILES string of the molecule is CCc1ccc(CC(=O)C(CN)c2ccccc2)nc1. The molecule has 2 N–H and O–H groups in total. The summed E-state index contributed by atoms with van der Waals surface area (Å²) in [5, 5.41) is 0. The number of aromatic nitrogens is 1. The van der Waals surface area contributed by atoms with Crippen molar-refractivity contribution >= 4 is 5.78 Å². The Hall–Kier alpha value is -2.00. The fraction of sp³-hybridized carbons (Fsp3) is 0.294. The monoisotopic (exact) mass is 268 g/mol. The largest absolute Gasteiger partial charge is 0.329 e. The summed E-state index contributed by atoms with van der Waals surface area (Å²) in [4.78, 5) is 16.7. The molecule has 104 valence electrons. The normalized spacial score (nSPS) is 12.1. The molecule has 0 spiro atoms. The average molecular weight is 268 g/mol. The molecule has 3 heteroatoms. The van der Waals surface area contributed by atoms with Gasteiger partial charge in [0.25, 0.3) is 0 Å². The molecule has 0 bridgehead atoms. The number of hydrogen-bond acceptors (Lipinski definition) is 3. The molecule has 0 saturated heterocycles. The summed E-state index contributed by atoms with van der Waals surface area (Å²) < 4.78 is 0. The molecule has 0 aliphatic rings. The first-order valence-electron chi connectivity index (χ1n) is 6.96. The molecule has 0 amide bonds. The van der Waals surface area contributed by atoms with Crippen LogP contribution in [0.4, 0.5) is 0 Å². The molecule has 1 aromatic carbocycles. The predicted molar refractivity (Wildman–Crippen MR) is 80.6 cm³/mol. The molecule has 2 aromatic rings. The first kappa shape index (κ1) is 14.4. The number of aryl methyl sites for hydroxylation is 1. The summed E-state index contributed by atoms with van der Waals surface area (Å²) in [6, 6.07) is 13.6. The highest BCUT2D eigenvalue weighted by Crippen LogP contribution is 2.17. The molecule has 1 aromatic heterocycles. The first-order chi connectivity index (χ1) is 9.74. The van der Waals surface area contributed by atoms with Gasteiger partial charge in [-0.15, -0.1) is 0 Å². The molecule has 1 heterocycles. The van der Waals surface area contributed by atoms with Crippen LogP contribution in [0.25, 0.3) is 0 Å². The number of rotatable bonds is 6. The highest BCUT2D eigenvalue weighted by atomic mass is 16.1. The topological polar surface area (TPSA) is 56.0 Å². The van der Waals surface area contributed by atoms with Crippen molar-refractivity contribution in [3.8, 4) is 0 Å². The molecule has 1 unspecified atom stereocenters. The lowest BCUT2D eigenvalue weighted by Crippen LogP contribution is -2.23. The molecule has 0 aliphatic carbocycles. The van der Waals surface area contributed by atoms with E-state index in [1.54, 1.807) is 0 Å². The third-order valence-electron chi connectivity index (χ3n) is 3.48. The van der Waals surface area contributed by atoms with Crippen LogP contribution in [0.15, 0.2) is 48.7 Å². The van der Waals surface area contributed by atoms with Crippen LogP contribution in [0.2, 0.25) is 0 Å². The van der Waals surface area contributed by atoms with Crippen LogP contribution in [0.3, 0.4) is 0 Å². The van der Waals surface area contributed by atoms with Gasteiger partial charge in [0.2, 0.25) is 0 Å². The second-order valence-electron chi connectivity index (χ2n) is 4.85. The maximum atomic E-state index is 12.4. The number of Topliss-reactive ketones (excluding diaryl/α,β-unsaturated/α-hetero) is 1. The Bertz CT molecular complexity index is 549. The van der Waals surface area contributed by atoms with Crippen LogP contribution >= 0.6 is 0 Å². The molecule has 0 fully saturated rings. The van der Waals surface area contributed by atoms with Gasteiger partial charge in [-0.05, 0) is 23.6 Å². The minimum Gasteiger partial charge on any atom is -0.329 e. The molecule has 0 saturated carbocycles. The van der Waals surface area contributed by atoms with Gasteiger partial charge >= 0.3 is 0 Å². The Morgan fingerprint density at radius 1 is 1.20 bits per heavy atom. The van der Waals surface area contributed by atoms with Crippen molar-refractivity contribution in [1.29, 1.82) is 0 Å². The van der Waals surface area contributed by atoms with Crippen molar-refractivity contribution in [3.05, 3.63) is 65.5 Å². The Morgan fingerprint density at radius 2 is 1.95 bits per heavy atom. The van der Waals surface area contributed by atoms with E-state index in [0.29, 0.717) is 13.0 Å². The summed E-state index contributed by atoms with van der Waals surface area (Å²) in [7, 11) is 0. The summed E-state index contributed by atoms with van der Waals surface area (Å²) in [5.74, 6) is -0.126. The van der Waals surface area contributed by atoms with E-state index in [-0.39, 0.29) is 11.7 Å². The van der Waals surface area contributed by atoms with Gasteiger partial charge in [0.1, 0.15) is 5.78 Å². The zero-order chi connectivity index (χ0) is 14.4. The van der Waals surface area contributed by atoms with Gasteiger partial charge in [-0.25, -0.2) is 0 Å². The van der Waals surface area contributed by atoms with Crippen molar-refractivity contribution < 1.29 is 4.79 Å². The molecule has 1 atom stereocenters. The third-order valence-corrected chi connectivity index (χ3v) is 3.48. The van der Waals surface area contributed by atoms with E-state index < -0.39 is 0 Å². The smallest absolute Gasteiger partial charge is 0.147 e. The molecule has 3 nitrogen and oxygen atoms in total. The van der Waals surface area contributed by atoms with Crippen LogP contribution < -0.4 is 5.73 Å². The molecular weight excluding hydrogens is 248 g/mol. The van der Waals surface area contributed by atoms with E-state index in [1.807, 2.05) is 48.7 Å². The lowest BCUT2D eigenvalue weighted by Gasteiger charge is -2.13. The standard InChI is InChI=1S/C17H20N2O/c1-2-13-8-9-15(19-12-13)10-17(20)16(11-18)14-6-4-3-5-7-14/h3-9,12,16H,2,10-11,18H2,1H3. The van der Waals surface area contributed by atoms with Crippen LogP contribution in [-0.2, 0) is 17.6 Å². The van der Waals surface area contributed by atoms with Crippen molar-refractivity contribution in [2.75, 3.05) is 6.54 Å². The molecule has 0 aliphatic heterocycles. The summed E-state index contributed by atoms with van der Waals surface area (Å²) in [6.07, 6.45) is 3.13. The number of ketones is 1. The first-order valence-corrected chi connectivity index (χ1v) is 6.96. The summed E-state index contributed by atoms with van der Waals surface area (Å²) in [5.41, 5.74) is 8.73. The van der Waals surface area contributed by atoms with Crippen LogP contribution in [0.1, 0.15) is 29.7 Å². The Balaban J connectivity index is 2.09. The zero-order valence-electron chi connectivity index (χ0n) is 11.8. The van der Waals surface area contributed by atoms with E-state index in [0.717, 1.165) is 17.7 Å². The van der Waals surface area contributed by atoms with Crippen LogP contribution in [0, 0.1) is 0 Å². The van der Waals surface area contributed by atoms with Gasteiger partial charge in [0, 0.05) is 24.9 Å². The van der Waals surface area contributed by atoms with Gasteiger partial charge in [0.05, 0.1) is 5.92 Å². The zero-order valence-corrected chi connectivity index (χ0v) is 11.8. The number of carbonyl (C=O) groups excluding carboxylic acids is 1. The summed E-state index contributed by atoms with van der Waals surface area (Å²) in [6.45, 7) is 2.41. The number of benzene rings is 1.